The highest BCUT2D eigenvalue weighted by Crippen LogP contribution is 2.33. The molecule has 4 atom stereocenters. The van der Waals surface area contributed by atoms with Gasteiger partial charge in [0.15, 0.2) is 27.7 Å². The van der Waals surface area contributed by atoms with Gasteiger partial charge in [-0.2, -0.15) is 0 Å². The Morgan fingerprint density at radius 3 is 2.90 bits per heavy atom. The number of nitrogens with zero attached hydrogens (tertiary/aromatic N) is 4. The molecule has 3 heterocycles. The smallest absolute Gasteiger partial charge is 0.194 e. The highest BCUT2D eigenvalue weighted by Gasteiger charge is 2.45. The first-order valence-corrected chi connectivity index (χ1v) is 6.84. The number of anilines is 1. The number of aliphatic hydroxyl groups excluding tert-OH is 2. The maximum absolute atomic E-state index is 14.1. The summed E-state index contributed by atoms with van der Waals surface area (Å²) in [4.78, 5) is 12.2. The fourth-order valence-electron chi connectivity index (χ4n) is 2.18. The van der Waals surface area contributed by atoms with Crippen molar-refractivity contribution in [2.24, 2.45) is 0 Å². The molecule has 1 fully saturated rings. The summed E-state index contributed by atoms with van der Waals surface area (Å²) in [6.07, 6.45) is -3.86. The molecule has 0 saturated carbocycles. The lowest BCUT2D eigenvalue weighted by Gasteiger charge is -2.15. The van der Waals surface area contributed by atoms with E-state index < -0.39 is 31.2 Å². The third-order valence-electron chi connectivity index (χ3n) is 3.17. The minimum atomic E-state index is -1.70. The minimum absolute atomic E-state index is 0.186. The number of alkyl halides is 1. The molecule has 8 nitrogen and oxygen atoms in total. The predicted octanol–water partition coefficient (Wildman–Crippen LogP) is -0.398. The van der Waals surface area contributed by atoms with Crippen molar-refractivity contribution >= 4 is 39.6 Å². The third kappa shape index (κ3) is 2.03. The molecular weight excluding hydrogens is 384 g/mol. The summed E-state index contributed by atoms with van der Waals surface area (Å²) >= 11 is 1.88. The van der Waals surface area contributed by atoms with Crippen molar-refractivity contribution in [3.8, 4) is 0 Å². The normalized spacial score (nSPS) is 30.2. The van der Waals surface area contributed by atoms with E-state index in [4.69, 9.17) is 15.6 Å². The van der Waals surface area contributed by atoms with Gasteiger partial charge < -0.3 is 20.7 Å². The topological polar surface area (TPSA) is 119 Å². The van der Waals surface area contributed by atoms with Gasteiger partial charge in [-0.05, 0) is 0 Å². The largest absolute Gasteiger partial charge is 0.394 e. The Balaban J connectivity index is 2.07. The van der Waals surface area contributed by atoms with Crippen molar-refractivity contribution < 1.29 is 19.3 Å². The van der Waals surface area contributed by atoms with E-state index in [-0.39, 0.29) is 5.82 Å². The Kier molecular flexibility index (Phi) is 3.48. The van der Waals surface area contributed by atoms with Crippen LogP contribution in [0.2, 0.25) is 0 Å². The predicted molar refractivity (Wildman–Crippen MR) is 74.4 cm³/mol. The lowest BCUT2D eigenvalue weighted by molar-refractivity contribution is -0.0459. The lowest BCUT2D eigenvalue weighted by Crippen LogP contribution is -2.30. The van der Waals surface area contributed by atoms with E-state index in [1.165, 1.54) is 10.9 Å². The van der Waals surface area contributed by atoms with E-state index >= 15 is 0 Å². The van der Waals surface area contributed by atoms with Crippen LogP contribution in [0.25, 0.3) is 11.2 Å². The molecule has 2 aromatic heterocycles. The Morgan fingerprint density at radius 2 is 2.25 bits per heavy atom. The number of aliphatic hydroxyl groups is 2. The number of ether oxygens (including phenoxy) is 1. The molecular formula is C10H11FIN5O3. The monoisotopic (exact) mass is 395 g/mol. The summed E-state index contributed by atoms with van der Waals surface area (Å²) in [5.74, 6) is 0.186. The van der Waals surface area contributed by atoms with E-state index in [9.17, 15) is 9.50 Å². The molecule has 20 heavy (non-hydrogen) atoms. The van der Waals surface area contributed by atoms with Gasteiger partial charge in [-0.1, -0.05) is 0 Å². The zero-order valence-electron chi connectivity index (χ0n) is 10.0. The van der Waals surface area contributed by atoms with Crippen LogP contribution in [0, 0.1) is 3.83 Å². The Bertz CT molecular complexity index is 653. The van der Waals surface area contributed by atoms with Gasteiger partial charge in [0.2, 0.25) is 0 Å². The first kappa shape index (κ1) is 13.9. The second-order valence-corrected chi connectivity index (χ2v) is 5.35. The molecule has 1 aliphatic rings. The SMILES string of the molecule is Nc1nc(I)nc2c1ncn2[C@@H]1O[C@H](CO)[C@@H](O)C1F. The van der Waals surface area contributed by atoms with Crippen molar-refractivity contribution in [3.05, 3.63) is 10.2 Å². The average molecular weight is 395 g/mol. The molecule has 0 radical (unpaired) electrons. The van der Waals surface area contributed by atoms with E-state index in [1.54, 1.807) is 0 Å². The van der Waals surface area contributed by atoms with Gasteiger partial charge in [0.1, 0.15) is 17.7 Å². The van der Waals surface area contributed by atoms with Crippen molar-refractivity contribution in [1.82, 2.24) is 19.5 Å². The fourth-order valence-corrected chi connectivity index (χ4v) is 2.66. The van der Waals surface area contributed by atoms with Crippen LogP contribution in [0.3, 0.4) is 0 Å². The molecule has 2 aromatic rings. The second-order valence-electron chi connectivity index (χ2n) is 4.38. The molecule has 1 aliphatic heterocycles. The fraction of sp³-hybridized carbons (Fsp3) is 0.500. The Hall–Kier alpha value is -1.11. The molecule has 108 valence electrons. The van der Waals surface area contributed by atoms with Gasteiger partial charge in [-0.25, -0.2) is 19.3 Å². The molecule has 10 heteroatoms. The van der Waals surface area contributed by atoms with Crippen LogP contribution < -0.4 is 5.73 Å². The molecule has 0 spiro atoms. The van der Waals surface area contributed by atoms with Gasteiger partial charge in [0, 0.05) is 22.6 Å². The quantitative estimate of drug-likeness (QED) is 0.468. The van der Waals surface area contributed by atoms with Crippen molar-refractivity contribution in [1.29, 1.82) is 0 Å². The molecule has 4 N–H and O–H groups in total. The number of aromatic nitrogens is 4. The molecule has 0 aliphatic carbocycles. The number of hydrogen-bond acceptors (Lipinski definition) is 7. The first-order valence-electron chi connectivity index (χ1n) is 5.77. The maximum atomic E-state index is 14.1. The van der Waals surface area contributed by atoms with Gasteiger partial charge >= 0.3 is 0 Å². The molecule has 0 bridgehead atoms. The number of hydrogen-bond donors (Lipinski definition) is 3. The number of halogens is 2. The summed E-state index contributed by atoms with van der Waals surface area (Å²) in [7, 11) is 0. The highest BCUT2D eigenvalue weighted by molar-refractivity contribution is 14.1. The Labute approximate surface area is 125 Å². The van der Waals surface area contributed by atoms with E-state index in [0.717, 1.165) is 0 Å². The number of nitrogens with two attached hydrogens (primary N) is 1. The summed E-state index contributed by atoms with van der Waals surface area (Å²) in [6, 6.07) is 0. The number of fused-ring (bicyclic) bond motifs is 1. The van der Waals surface area contributed by atoms with Crippen LogP contribution in [0.4, 0.5) is 10.2 Å². The highest BCUT2D eigenvalue weighted by atomic mass is 127. The van der Waals surface area contributed by atoms with Gasteiger partial charge in [0.25, 0.3) is 0 Å². The molecule has 0 aromatic carbocycles. The second kappa shape index (κ2) is 5.02. The van der Waals surface area contributed by atoms with Crippen LogP contribution in [0.1, 0.15) is 6.23 Å². The van der Waals surface area contributed by atoms with Gasteiger partial charge in [-0.15, -0.1) is 0 Å². The minimum Gasteiger partial charge on any atom is -0.394 e. The number of imidazole rings is 1. The average Bonchev–Trinajstić information content (AvgIpc) is 2.93. The zero-order valence-corrected chi connectivity index (χ0v) is 12.2. The molecule has 0 amide bonds. The summed E-state index contributed by atoms with van der Waals surface area (Å²) < 4.78 is 21.1. The van der Waals surface area contributed by atoms with Crippen LogP contribution in [-0.4, -0.2) is 54.7 Å². The van der Waals surface area contributed by atoms with Crippen molar-refractivity contribution in [3.63, 3.8) is 0 Å². The standard InChI is InChI=1S/C10H11FIN5O3/c11-4-6(19)3(1-18)20-9(4)17-2-14-5-7(13)15-10(12)16-8(5)17/h2-4,6,9,18-19H,1H2,(H2,13,15,16)/t3-,4?,6-,9-/m1/s1. The van der Waals surface area contributed by atoms with E-state index in [2.05, 4.69) is 15.0 Å². The number of rotatable bonds is 2. The third-order valence-corrected chi connectivity index (χ3v) is 3.65. The van der Waals surface area contributed by atoms with Gasteiger partial charge in [0.05, 0.1) is 12.9 Å². The zero-order chi connectivity index (χ0) is 14.4. The first-order chi connectivity index (χ1) is 9.52. The summed E-state index contributed by atoms with van der Waals surface area (Å²) in [5, 5.41) is 18.7. The molecule has 1 unspecified atom stereocenters. The summed E-state index contributed by atoms with van der Waals surface area (Å²) in [6.45, 7) is -0.473. The van der Waals surface area contributed by atoms with Crippen LogP contribution >= 0.6 is 22.6 Å². The van der Waals surface area contributed by atoms with Crippen LogP contribution in [0.5, 0.6) is 0 Å². The van der Waals surface area contributed by atoms with E-state index in [0.29, 0.717) is 15.0 Å². The van der Waals surface area contributed by atoms with Gasteiger partial charge in [-0.3, -0.25) is 4.57 Å². The lowest BCUT2D eigenvalue weighted by atomic mass is 10.1. The van der Waals surface area contributed by atoms with Crippen LogP contribution in [-0.2, 0) is 4.74 Å². The molecule has 1 saturated heterocycles. The maximum Gasteiger partial charge on any atom is 0.194 e. The van der Waals surface area contributed by atoms with Crippen molar-refractivity contribution in [2.45, 2.75) is 24.6 Å². The van der Waals surface area contributed by atoms with Crippen molar-refractivity contribution in [2.75, 3.05) is 12.3 Å². The summed E-state index contributed by atoms with van der Waals surface area (Å²) in [5.41, 5.74) is 6.38. The Morgan fingerprint density at radius 1 is 1.50 bits per heavy atom. The van der Waals surface area contributed by atoms with Crippen LogP contribution in [0.15, 0.2) is 6.33 Å². The van der Waals surface area contributed by atoms with E-state index in [1.807, 2.05) is 22.6 Å². The number of nitrogen functional groups attached to an aromatic ring is 1. The molecule has 3 rings (SSSR count).